The molecule has 0 aliphatic heterocycles. The van der Waals surface area contributed by atoms with Crippen LogP contribution >= 0.6 is 11.8 Å². The Morgan fingerprint density at radius 3 is 2.38 bits per heavy atom. The molecule has 2 aromatic carbocycles. The lowest BCUT2D eigenvalue weighted by molar-refractivity contribution is 0.102. The van der Waals surface area contributed by atoms with Crippen LogP contribution in [0.25, 0.3) is 11.0 Å². The average Bonchev–Trinajstić information content (AvgIpc) is 2.68. The van der Waals surface area contributed by atoms with Gasteiger partial charge in [-0.25, -0.2) is 14.8 Å². The van der Waals surface area contributed by atoms with Gasteiger partial charge in [0, 0.05) is 27.4 Å². The Balaban J connectivity index is 1.50. The molecule has 4 aromatic rings. The fourth-order valence-corrected chi connectivity index (χ4v) is 3.73. The van der Waals surface area contributed by atoms with Gasteiger partial charge in [0.2, 0.25) is 0 Å². The van der Waals surface area contributed by atoms with Gasteiger partial charge >= 0.3 is 5.63 Å². The minimum Gasteiger partial charge on any atom is -0.422 e. The highest BCUT2D eigenvalue weighted by atomic mass is 32.2. The molecule has 0 saturated carbocycles. The molecule has 2 heterocycles. The molecule has 7 heteroatoms. The number of hydrogen-bond acceptors (Lipinski definition) is 6. The first kappa shape index (κ1) is 18.9. The zero-order valence-corrected chi connectivity index (χ0v) is 16.6. The van der Waals surface area contributed by atoms with Crippen LogP contribution in [0.1, 0.15) is 21.7 Å². The molecule has 0 spiro atoms. The first-order valence-electron chi connectivity index (χ1n) is 8.92. The van der Waals surface area contributed by atoms with Crippen LogP contribution in [0.4, 0.5) is 5.69 Å². The number of nitrogens with one attached hydrogen (secondary N) is 1. The summed E-state index contributed by atoms with van der Waals surface area (Å²) in [6.45, 7) is 3.86. The van der Waals surface area contributed by atoms with Crippen LogP contribution in [0.15, 0.2) is 79.9 Å². The molecule has 6 nitrogen and oxygen atoms in total. The number of nitrogens with zero attached hydrogens (tertiary/aromatic N) is 2. The molecule has 1 N–H and O–H groups in total. The van der Waals surface area contributed by atoms with Crippen LogP contribution in [0.3, 0.4) is 0 Å². The summed E-state index contributed by atoms with van der Waals surface area (Å²) in [5.41, 5.74) is 2.15. The zero-order valence-electron chi connectivity index (χ0n) is 15.8. The van der Waals surface area contributed by atoms with E-state index in [0.717, 1.165) is 16.3 Å². The minimum atomic E-state index is -0.666. The molecule has 0 fully saturated rings. The maximum atomic E-state index is 12.5. The van der Waals surface area contributed by atoms with Crippen molar-refractivity contribution in [2.24, 2.45) is 0 Å². The number of benzene rings is 2. The summed E-state index contributed by atoms with van der Waals surface area (Å²) in [7, 11) is 0. The van der Waals surface area contributed by atoms with E-state index in [4.69, 9.17) is 4.42 Å². The quantitative estimate of drug-likeness (QED) is 0.396. The Hall–Kier alpha value is -3.45. The zero-order chi connectivity index (χ0) is 20.4. The largest absolute Gasteiger partial charge is 0.422 e. The number of amides is 1. The highest BCUT2D eigenvalue weighted by molar-refractivity contribution is 7.99. The molecule has 0 aliphatic rings. The molecule has 29 heavy (non-hydrogen) atoms. The predicted octanol–water partition coefficient (Wildman–Crippen LogP) is 4.60. The van der Waals surface area contributed by atoms with Gasteiger partial charge in [0.25, 0.3) is 5.91 Å². The van der Waals surface area contributed by atoms with Crippen LogP contribution in [0.5, 0.6) is 0 Å². The van der Waals surface area contributed by atoms with Gasteiger partial charge in [-0.05, 0) is 68.1 Å². The number of para-hydroxylation sites is 1. The van der Waals surface area contributed by atoms with Crippen LogP contribution in [0.2, 0.25) is 0 Å². The SMILES string of the molecule is Cc1cc(C)nc(Sc2ccc(NC(=O)c3cc4ccccc4oc3=O)cc2)n1. The van der Waals surface area contributed by atoms with E-state index >= 15 is 0 Å². The van der Waals surface area contributed by atoms with E-state index in [-0.39, 0.29) is 5.56 Å². The van der Waals surface area contributed by atoms with Gasteiger partial charge in [0.05, 0.1) is 0 Å². The van der Waals surface area contributed by atoms with Crippen molar-refractivity contribution in [1.29, 1.82) is 0 Å². The van der Waals surface area contributed by atoms with Crippen LogP contribution < -0.4 is 10.9 Å². The van der Waals surface area contributed by atoms with Crippen molar-refractivity contribution in [3.8, 4) is 0 Å². The third kappa shape index (κ3) is 4.35. The maximum Gasteiger partial charge on any atom is 0.349 e. The molecule has 1 amide bonds. The molecule has 0 radical (unpaired) electrons. The standard InChI is InChI=1S/C22H17N3O3S/c1-13-11-14(2)24-22(23-13)29-17-9-7-16(8-10-17)25-20(26)18-12-15-5-3-4-6-19(15)28-21(18)27/h3-12H,1-2H3,(H,25,26). The number of anilines is 1. The molecule has 0 aliphatic carbocycles. The monoisotopic (exact) mass is 403 g/mol. The molecule has 0 bridgehead atoms. The van der Waals surface area contributed by atoms with E-state index < -0.39 is 11.5 Å². The van der Waals surface area contributed by atoms with Crippen molar-refractivity contribution in [2.45, 2.75) is 23.9 Å². The minimum absolute atomic E-state index is 0.0363. The van der Waals surface area contributed by atoms with Gasteiger partial charge in [-0.15, -0.1) is 0 Å². The number of aromatic nitrogens is 2. The van der Waals surface area contributed by atoms with E-state index in [1.54, 1.807) is 30.3 Å². The Morgan fingerprint density at radius 1 is 0.966 bits per heavy atom. The molecule has 0 unspecified atom stereocenters. The summed E-state index contributed by atoms with van der Waals surface area (Å²) >= 11 is 1.44. The van der Waals surface area contributed by atoms with Gasteiger partial charge in [0.1, 0.15) is 11.1 Å². The predicted molar refractivity (Wildman–Crippen MR) is 113 cm³/mol. The second kappa shape index (κ2) is 7.89. The van der Waals surface area contributed by atoms with Crippen molar-refractivity contribution in [3.63, 3.8) is 0 Å². The molecule has 0 saturated heterocycles. The summed E-state index contributed by atoms with van der Waals surface area (Å²) < 4.78 is 5.22. The number of fused-ring (bicyclic) bond motifs is 1. The lowest BCUT2D eigenvalue weighted by atomic mass is 10.1. The highest BCUT2D eigenvalue weighted by Gasteiger charge is 2.14. The molecule has 4 rings (SSSR count). The number of carbonyl (C=O) groups excluding carboxylic acids is 1. The number of carbonyl (C=O) groups is 1. The fourth-order valence-electron chi connectivity index (χ4n) is 2.87. The van der Waals surface area contributed by atoms with Crippen molar-refractivity contribution in [1.82, 2.24) is 9.97 Å². The second-order valence-electron chi connectivity index (χ2n) is 6.50. The first-order chi connectivity index (χ1) is 14.0. The van der Waals surface area contributed by atoms with Gasteiger partial charge in [-0.1, -0.05) is 18.2 Å². The second-order valence-corrected chi connectivity index (χ2v) is 7.54. The van der Waals surface area contributed by atoms with E-state index in [1.807, 2.05) is 38.1 Å². The van der Waals surface area contributed by atoms with E-state index in [9.17, 15) is 9.59 Å². The van der Waals surface area contributed by atoms with Crippen LogP contribution in [-0.2, 0) is 0 Å². The smallest absolute Gasteiger partial charge is 0.349 e. The van der Waals surface area contributed by atoms with Gasteiger partial charge < -0.3 is 9.73 Å². The summed E-state index contributed by atoms with van der Waals surface area (Å²) in [6.07, 6.45) is 0. The molecule has 144 valence electrons. The molecule has 0 atom stereocenters. The lowest BCUT2D eigenvalue weighted by Gasteiger charge is -2.07. The molecular weight excluding hydrogens is 386 g/mol. The topological polar surface area (TPSA) is 85.1 Å². The summed E-state index contributed by atoms with van der Waals surface area (Å²) in [5.74, 6) is -0.512. The third-order valence-electron chi connectivity index (χ3n) is 4.17. The highest BCUT2D eigenvalue weighted by Crippen LogP contribution is 2.26. The van der Waals surface area contributed by atoms with Gasteiger partial charge in [0.15, 0.2) is 5.16 Å². The Kier molecular flexibility index (Phi) is 5.14. The fraction of sp³-hybridized carbons (Fsp3) is 0.0909. The summed E-state index contributed by atoms with van der Waals surface area (Å²) in [6, 6.07) is 17.8. The first-order valence-corrected chi connectivity index (χ1v) is 9.74. The van der Waals surface area contributed by atoms with Crippen molar-refractivity contribution < 1.29 is 9.21 Å². The van der Waals surface area contributed by atoms with E-state index in [2.05, 4.69) is 15.3 Å². The van der Waals surface area contributed by atoms with E-state index in [1.165, 1.54) is 17.8 Å². The summed E-state index contributed by atoms with van der Waals surface area (Å²) in [4.78, 5) is 34.4. The van der Waals surface area contributed by atoms with Crippen LogP contribution in [-0.4, -0.2) is 15.9 Å². The number of hydrogen-bond donors (Lipinski definition) is 1. The van der Waals surface area contributed by atoms with Crippen LogP contribution in [0, 0.1) is 13.8 Å². The molecule has 2 aromatic heterocycles. The lowest BCUT2D eigenvalue weighted by Crippen LogP contribution is -2.20. The van der Waals surface area contributed by atoms with Gasteiger partial charge in [-0.3, -0.25) is 4.79 Å². The Bertz CT molecular complexity index is 1250. The van der Waals surface area contributed by atoms with Gasteiger partial charge in [-0.2, -0.15) is 0 Å². The maximum absolute atomic E-state index is 12.5. The van der Waals surface area contributed by atoms with Crippen molar-refractivity contribution in [2.75, 3.05) is 5.32 Å². The normalized spacial score (nSPS) is 10.8. The number of rotatable bonds is 4. The Labute approximate surface area is 171 Å². The van der Waals surface area contributed by atoms with Crippen molar-refractivity contribution >= 4 is 34.3 Å². The van der Waals surface area contributed by atoms with Crippen molar-refractivity contribution in [3.05, 3.63) is 88.0 Å². The third-order valence-corrected chi connectivity index (χ3v) is 5.04. The average molecular weight is 403 g/mol. The number of aryl methyl sites for hydroxylation is 2. The Morgan fingerprint density at radius 2 is 1.66 bits per heavy atom. The summed E-state index contributed by atoms with van der Waals surface area (Å²) in [5, 5.41) is 4.10. The molecular formula is C22H17N3O3S. The van der Waals surface area contributed by atoms with E-state index in [0.29, 0.717) is 21.8 Å².